The van der Waals surface area contributed by atoms with E-state index in [1.165, 1.54) is 5.57 Å². The van der Waals surface area contributed by atoms with Gasteiger partial charge in [-0.3, -0.25) is 4.79 Å². The third kappa shape index (κ3) is 2.98. The summed E-state index contributed by atoms with van der Waals surface area (Å²) in [7, 11) is 0. The molecule has 92 valence electrons. The SMILES string of the molecule is CC1=CCCN(C(=O)Cc2ccc(C#N)cc2)C1. The molecule has 0 spiro atoms. The highest BCUT2D eigenvalue weighted by atomic mass is 16.2. The molecular weight excluding hydrogens is 224 g/mol. The quantitative estimate of drug-likeness (QED) is 0.744. The average Bonchev–Trinajstić information content (AvgIpc) is 2.39. The second-order valence-corrected chi connectivity index (χ2v) is 4.64. The van der Waals surface area contributed by atoms with E-state index >= 15 is 0 Å². The topological polar surface area (TPSA) is 44.1 Å². The van der Waals surface area contributed by atoms with E-state index in [0.717, 1.165) is 25.1 Å². The summed E-state index contributed by atoms with van der Waals surface area (Å²) in [6.45, 7) is 3.61. The van der Waals surface area contributed by atoms with Crippen LogP contribution in [0.5, 0.6) is 0 Å². The highest BCUT2D eigenvalue weighted by Crippen LogP contribution is 2.11. The van der Waals surface area contributed by atoms with Crippen LogP contribution in [0.2, 0.25) is 0 Å². The van der Waals surface area contributed by atoms with Crippen molar-refractivity contribution in [1.82, 2.24) is 4.90 Å². The standard InChI is InChI=1S/C15H16N2O/c1-12-3-2-8-17(11-12)15(18)9-13-4-6-14(10-16)7-5-13/h3-7H,2,8-9,11H2,1H3. The van der Waals surface area contributed by atoms with Crippen molar-refractivity contribution in [3.63, 3.8) is 0 Å². The molecule has 0 saturated heterocycles. The minimum Gasteiger partial charge on any atom is -0.338 e. The van der Waals surface area contributed by atoms with Gasteiger partial charge in [0.05, 0.1) is 18.1 Å². The number of carbonyl (C=O) groups excluding carboxylic acids is 1. The molecule has 0 radical (unpaired) electrons. The van der Waals surface area contributed by atoms with E-state index in [1.54, 1.807) is 12.1 Å². The molecule has 3 nitrogen and oxygen atoms in total. The van der Waals surface area contributed by atoms with Gasteiger partial charge < -0.3 is 4.90 Å². The van der Waals surface area contributed by atoms with Gasteiger partial charge >= 0.3 is 0 Å². The fourth-order valence-corrected chi connectivity index (χ4v) is 2.11. The van der Waals surface area contributed by atoms with E-state index in [0.29, 0.717) is 12.0 Å². The Labute approximate surface area is 107 Å². The molecule has 0 fully saturated rings. The van der Waals surface area contributed by atoms with Crippen LogP contribution in [0.15, 0.2) is 35.9 Å². The predicted octanol–water partition coefficient (Wildman–Crippen LogP) is 2.28. The van der Waals surface area contributed by atoms with Crippen LogP contribution in [-0.2, 0) is 11.2 Å². The van der Waals surface area contributed by atoms with Crippen molar-refractivity contribution < 1.29 is 4.79 Å². The molecule has 0 N–H and O–H groups in total. The number of hydrogen-bond acceptors (Lipinski definition) is 2. The van der Waals surface area contributed by atoms with E-state index in [4.69, 9.17) is 5.26 Å². The third-order valence-corrected chi connectivity index (χ3v) is 3.12. The molecule has 0 bridgehead atoms. The van der Waals surface area contributed by atoms with Crippen LogP contribution in [0.1, 0.15) is 24.5 Å². The third-order valence-electron chi connectivity index (χ3n) is 3.12. The van der Waals surface area contributed by atoms with Gasteiger partial charge in [0.15, 0.2) is 0 Å². The van der Waals surface area contributed by atoms with Gasteiger partial charge in [0.1, 0.15) is 0 Å². The molecule has 1 aromatic carbocycles. The van der Waals surface area contributed by atoms with Crippen molar-refractivity contribution in [2.24, 2.45) is 0 Å². The lowest BCUT2D eigenvalue weighted by Crippen LogP contribution is -2.36. The van der Waals surface area contributed by atoms with Crippen LogP contribution in [-0.4, -0.2) is 23.9 Å². The van der Waals surface area contributed by atoms with Gasteiger partial charge in [-0.2, -0.15) is 5.26 Å². The number of nitrogens with zero attached hydrogens (tertiary/aromatic N) is 2. The number of nitriles is 1. The molecule has 0 atom stereocenters. The zero-order chi connectivity index (χ0) is 13.0. The molecule has 2 rings (SSSR count). The zero-order valence-electron chi connectivity index (χ0n) is 10.5. The number of amides is 1. The Morgan fingerprint density at radius 3 is 2.72 bits per heavy atom. The zero-order valence-corrected chi connectivity index (χ0v) is 10.5. The Morgan fingerprint density at radius 2 is 2.11 bits per heavy atom. The fraction of sp³-hybridized carbons (Fsp3) is 0.333. The van der Waals surface area contributed by atoms with Crippen molar-refractivity contribution >= 4 is 5.91 Å². The summed E-state index contributed by atoms with van der Waals surface area (Å²) in [6.07, 6.45) is 3.55. The Bertz CT molecular complexity index is 508. The van der Waals surface area contributed by atoms with Crippen LogP contribution < -0.4 is 0 Å². The summed E-state index contributed by atoms with van der Waals surface area (Å²) in [6, 6.07) is 9.28. The smallest absolute Gasteiger partial charge is 0.227 e. The summed E-state index contributed by atoms with van der Waals surface area (Å²) in [5.41, 5.74) is 2.85. The summed E-state index contributed by atoms with van der Waals surface area (Å²) >= 11 is 0. The van der Waals surface area contributed by atoms with Gasteiger partial charge in [0, 0.05) is 13.1 Å². The maximum atomic E-state index is 12.1. The van der Waals surface area contributed by atoms with Gasteiger partial charge in [-0.1, -0.05) is 23.8 Å². The van der Waals surface area contributed by atoms with Crippen molar-refractivity contribution in [3.05, 3.63) is 47.0 Å². The minimum absolute atomic E-state index is 0.159. The average molecular weight is 240 g/mol. The van der Waals surface area contributed by atoms with Crippen molar-refractivity contribution in [1.29, 1.82) is 5.26 Å². The highest BCUT2D eigenvalue weighted by molar-refractivity contribution is 5.79. The van der Waals surface area contributed by atoms with Crippen LogP contribution >= 0.6 is 0 Å². The summed E-state index contributed by atoms with van der Waals surface area (Å²) in [4.78, 5) is 14.0. The van der Waals surface area contributed by atoms with Gasteiger partial charge in [0.2, 0.25) is 5.91 Å². The first kappa shape index (κ1) is 12.4. The lowest BCUT2D eigenvalue weighted by Gasteiger charge is -2.26. The summed E-state index contributed by atoms with van der Waals surface area (Å²) in [5.74, 6) is 0.159. The van der Waals surface area contributed by atoms with Crippen LogP contribution in [0.3, 0.4) is 0 Å². The largest absolute Gasteiger partial charge is 0.338 e. The molecule has 0 saturated carbocycles. The van der Waals surface area contributed by atoms with Crippen LogP contribution in [0.25, 0.3) is 0 Å². The van der Waals surface area contributed by atoms with Crippen LogP contribution in [0, 0.1) is 11.3 Å². The van der Waals surface area contributed by atoms with Crippen molar-refractivity contribution in [2.45, 2.75) is 19.8 Å². The molecular formula is C15H16N2O. The maximum Gasteiger partial charge on any atom is 0.227 e. The molecule has 0 unspecified atom stereocenters. The first-order valence-corrected chi connectivity index (χ1v) is 6.11. The highest BCUT2D eigenvalue weighted by Gasteiger charge is 2.16. The van der Waals surface area contributed by atoms with E-state index in [-0.39, 0.29) is 5.91 Å². The monoisotopic (exact) mass is 240 g/mol. The molecule has 1 aliphatic heterocycles. The Hall–Kier alpha value is -2.08. The van der Waals surface area contributed by atoms with Gasteiger partial charge in [0.25, 0.3) is 0 Å². The minimum atomic E-state index is 0.159. The Balaban J connectivity index is 1.98. The number of rotatable bonds is 2. The number of benzene rings is 1. The molecule has 3 heteroatoms. The molecule has 1 aromatic rings. The van der Waals surface area contributed by atoms with Gasteiger partial charge in [-0.05, 0) is 31.0 Å². The van der Waals surface area contributed by atoms with E-state index in [2.05, 4.69) is 19.1 Å². The molecule has 1 amide bonds. The first-order chi connectivity index (χ1) is 8.69. The van der Waals surface area contributed by atoms with E-state index in [9.17, 15) is 4.79 Å². The molecule has 1 aliphatic rings. The van der Waals surface area contributed by atoms with Crippen molar-refractivity contribution in [2.75, 3.05) is 13.1 Å². The fourth-order valence-electron chi connectivity index (χ4n) is 2.11. The van der Waals surface area contributed by atoms with Crippen LogP contribution in [0.4, 0.5) is 0 Å². The summed E-state index contributed by atoms with van der Waals surface area (Å²) in [5, 5.41) is 8.71. The predicted molar refractivity (Wildman–Crippen MR) is 69.8 cm³/mol. The normalized spacial score (nSPS) is 14.9. The Kier molecular flexibility index (Phi) is 3.78. The number of hydrogen-bond donors (Lipinski definition) is 0. The molecule has 1 heterocycles. The maximum absolute atomic E-state index is 12.1. The molecule has 0 aliphatic carbocycles. The van der Waals surface area contributed by atoms with E-state index < -0.39 is 0 Å². The first-order valence-electron chi connectivity index (χ1n) is 6.11. The summed E-state index contributed by atoms with van der Waals surface area (Å²) < 4.78 is 0. The number of carbonyl (C=O) groups is 1. The van der Waals surface area contributed by atoms with Crippen molar-refractivity contribution in [3.8, 4) is 6.07 Å². The van der Waals surface area contributed by atoms with Gasteiger partial charge in [-0.25, -0.2) is 0 Å². The second-order valence-electron chi connectivity index (χ2n) is 4.64. The lowest BCUT2D eigenvalue weighted by atomic mass is 10.1. The molecule has 0 aromatic heterocycles. The Morgan fingerprint density at radius 1 is 1.39 bits per heavy atom. The lowest BCUT2D eigenvalue weighted by molar-refractivity contribution is -0.130. The van der Waals surface area contributed by atoms with Gasteiger partial charge in [-0.15, -0.1) is 0 Å². The van der Waals surface area contributed by atoms with E-state index in [1.807, 2.05) is 17.0 Å². The molecule has 18 heavy (non-hydrogen) atoms. The second kappa shape index (κ2) is 5.50.